The van der Waals surface area contributed by atoms with E-state index >= 15 is 0 Å². The van der Waals surface area contributed by atoms with Gasteiger partial charge < -0.3 is 16.8 Å². The van der Waals surface area contributed by atoms with Gasteiger partial charge in [-0.05, 0) is 30.3 Å². The lowest BCUT2D eigenvalue weighted by Crippen LogP contribution is -2.14. The Bertz CT molecular complexity index is 848. The van der Waals surface area contributed by atoms with E-state index < -0.39 is 0 Å². The largest absolute Gasteiger partial charge is 0.399 e. The number of amides is 1. The van der Waals surface area contributed by atoms with Crippen LogP contribution in [0.3, 0.4) is 0 Å². The maximum atomic E-state index is 12.3. The standard InChI is InChI=1S/C13H10ClN5OS/c14-8-3-4-10-12(19-21-18-10)11(8)17-13(20)7-2-1-6(15)5-9(7)16/h1-5H,15-16H2,(H,17,20). The molecule has 0 aliphatic rings. The molecule has 8 heteroatoms. The zero-order valence-corrected chi connectivity index (χ0v) is 12.2. The van der Waals surface area contributed by atoms with Crippen molar-refractivity contribution in [2.45, 2.75) is 0 Å². The number of hydrogen-bond donors (Lipinski definition) is 3. The molecule has 1 heterocycles. The smallest absolute Gasteiger partial charge is 0.257 e. The van der Waals surface area contributed by atoms with Gasteiger partial charge >= 0.3 is 0 Å². The third kappa shape index (κ3) is 2.48. The normalized spacial score (nSPS) is 10.7. The van der Waals surface area contributed by atoms with Crippen molar-refractivity contribution in [2.24, 2.45) is 0 Å². The first kappa shape index (κ1) is 13.6. The molecule has 6 nitrogen and oxygen atoms in total. The van der Waals surface area contributed by atoms with Crippen LogP contribution in [-0.2, 0) is 0 Å². The minimum absolute atomic E-state index is 0.298. The molecule has 5 N–H and O–H groups in total. The number of fused-ring (bicyclic) bond motifs is 1. The number of carbonyl (C=O) groups is 1. The predicted molar refractivity (Wildman–Crippen MR) is 85.6 cm³/mol. The van der Waals surface area contributed by atoms with Gasteiger partial charge in [0.1, 0.15) is 11.0 Å². The Morgan fingerprint density at radius 3 is 2.76 bits per heavy atom. The van der Waals surface area contributed by atoms with Crippen molar-refractivity contribution >= 4 is 57.3 Å². The highest BCUT2D eigenvalue weighted by Crippen LogP contribution is 2.30. The SMILES string of the molecule is Nc1ccc(C(=O)Nc2c(Cl)ccc3nsnc23)c(N)c1. The topological polar surface area (TPSA) is 107 Å². The van der Waals surface area contributed by atoms with Crippen LogP contribution in [0.15, 0.2) is 30.3 Å². The molecular weight excluding hydrogens is 310 g/mol. The Labute approximate surface area is 129 Å². The van der Waals surface area contributed by atoms with Gasteiger partial charge in [0.25, 0.3) is 5.91 Å². The average Bonchev–Trinajstić information content (AvgIpc) is 2.90. The molecule has 3 aromatic rings. The fraction of sp³-hybridized carbons (Fsp3) is 0. The number of nitrogens with zero attached hydrogens (tertiary/aromatic N) is 2. The number of nitrogens with one attached hydrogen (secondary N) is 1. The van der Waals surface area contributed by atoms with E-state index in [0.29, 0.717) is 38.7 Å². The van der Waals surface area contributed by atoms with Crippen LogP contribution in [0.2, 0.25) is 5.02 Å². The number of benzene rings is 2. The van der Waals surface area contributed by atoms with Gasteiger partial charge in [-0.2, -0.15) is 8.75 Å². The number of anilines is 3. The maximum absolute atomic E-state index is 12.3. The van der Waals surface area contributed by atoms with Gasteiger partial charge in [0, 0.05) is 11.4 Å². The van der Waals surface area contributed by atoms with Crippen LogP contribution in [0.25, 0.3) is 11.0 Å². The average molecular weight is 320 g/mol. The van der Waals surface area contributed by atoms with Crippen LogP contribution in [0, 0.1) is 0 Å². The Kier molecular flexibility index (Phi) is 3.36. The number of hydrogen-bond acceptors (Lipinski definition) is 6. The Morgan fingerprint density at radius 2 is 2.00 bits per heavy atom. The molecule has 106 valence electrons. The first-order valence-corrected chi connectivity index (χ1v) is 7.04. The number of nitrogens with two attached hydrogens (primary N) is 2. The van der Waals surface area contributed by atoms with Gasteiger partial charge in [0.15, 0.2) is 0 Å². The van der Waals surface area contributed by atoms with Crippen LogP contribution >= 0.6 is 23.3 Å². The highest BCUT2D eigenvalue weighted by molar-refractivity contribution is 7.00. The first-order chi connectivity index (χ1) is 10.1. The minimum atomic E-state index is -0.380. The molecule has 0 spiro atoms. The van der Waals surface area contributed by atoms with Crippen molar-refractivity contribution in [1.82, 2.24) is 8.75 Å². The quantitative estimate of drug-likeness (QED) is 0.629. The number of rotatable bonds is 2. The molecule has 2 aromatic carbocycles. The summed E-state index contributed by atoms with van der Waals surface area (Å²) in [5.41, 5.74) is 14.2. The summed E-state index contributed by atoms with van der Waals surface area (Å²) in [6, 6.07) is 8.11. The number of aromatic nitrogens is 2. The van der Waals surface area contributed by atoms with Crippen LogP contribution in [0.1, 0.15) is 10.4 Å². The second-order valence-corrected chi connectivity index (χ2v) is 5.29. The van der Waals surface area contributed by atoms with E-state index in [-0.39, 0.29) is 5.91 Å². The lowest BCUT2D eigenvalue weighted by Gasteiger charge is -2.09. The van der Waals surface area contributed by atoms with Gasteiger partial charge in [-0.15, -0.1) is 0 Å². The highest BCUT2D eigenvalue weighted by atomic mass is 35.5. The number of carbonyl (C=O) groups excluding carboxylic acids is 1. The third-order valence-corrected chi connectivity index (χ3v) is 3.79. The zero-order valence-electron chi connectivity index (χ0n) is 10.6. The van der Waals surface area contributed by atoms with Gasteiger partial charge in [0.2, 0.25) is 0 Å². The lowest BCUT2D eigenvalue weighted by atomic mass is 10.1. The zero-order chi connectivity index (χ0) is 15.0. The van der Waals surface area contributed by atoms with E-state index in [1.54, 1.807) is 24.3 Å². The molecule has 0 saturated carbocycles. The van der Waals surface area contributed by atoms with E-state index in [4.69, 9.17) is 23.1 Å². The molecule has 1 amide bonds. The molecule has 3 rings (SSSR count). The summed E-state index contributed by atoms with van der Waals surface area (Å²) in [4.78, 5) is 12.3. The van der Waals surface area contributed by atoms with Crippen molar-refractivity contribution in [3.05, 3.63) is 40.9 Å². The fourth-order valence-electron chi connectivity index (χ4n) is 1.91. The molecule has 0 fully saturated rings. The van der Waals surface area contributed by atoms with Crippen molar-refractivity contribution in [3.63, 3.8) is 0 Å². The van der Waals surface area contributed by atoms with E-state index in [9.17, 15) is 4.79 Å². The lowest BCUT2D eigenvalue weighted by molar-refractivity contribution is 0.102. The summed E-state index contributed by atoms with van der Waals surface area (Å²) < 4.78 is 8.25. The highest BCUT2D eigenvalue weighted by Gasteiger charge is 2.15. The molecule has 0 atom stereocenters. The molecule has 21 heavy (non-hydrogen) atoms. The Hall–Kier alpha value is -2.38. The van der Waals surface area contributed by atoms with Gasteiger partial charge in [-0.1, -0.05) is 11.6 Å². The molecule has 0 bridgehead atoms. The molecule has 1 aromatic heterocycles. The predicted octanol–water partition coefficient (Wildman–Crippen LogP) is 2.76. The summed E-state index contributed by atoms with van der Waals surface area (Å²) in [6.07, 6.45) is 0. The molecule has 0 radical (unpaired) electrons. The van der Waals surface area contributed by atoms with E-state index in [1.165, 1.54) is 6.07 Å². The Morgan fingerprint density at radius 1 is 1.19 bits per heavy atom. The van der Waals surface area contributed by atoms with Gasteiger partial charge in [0.05, 0.1) is 28.0 Å². The van der Waals surface area contributed by atoms with Crippen LogP contribution in [0.5, 0.6) is 0 Å². The van der Waals surface area contributed by atoms with E-state index in [2.05, 4.69) is 14.1 Å². The molecule has 0 saturated heterocycles. The maximum Gasteiger partial charge on any atom is 0.257 e. The van der Waals surface area contributed by atoms with Crippen LogP contribution < -0.4 is 16.8 Å². The fourth-order valence-corrected chi connectivity index (χ4v) is 2.66. The van der Waals surface area contributed by atoms with E-state index in [0.717, 1.165) is 11.7 Å². The second kappa shape index (κ2) is 5.19. The Balaban J connectivity index is 2.00. The van der Waals surface area contributed by atoms with Crippen molar-refractivity contribution in [3.8, 4) is 0 Å². The van der Waals surface area contributed by atoms with Crippen LogP contribution in [0.4, 0.5) is 17.1 Å². The number of halogens is 1. The first-order valence-electron chi connectivity index (χ1n) is 5.93. The summed E-state index contributed by atoms with van der Waals surface area (Å²) in [5.74, 6) is -0.380. The molecule has 0 aliphatic heterocycles. The summed E-state index contributed by atoms with van der Waals surface area (Å²) in [6.45, 7) is 0. The van der Waals surface area contributed by atoms with Crippen molar-refractivity contribution in [1.29, 1.82) is 0 Å². The summed E-state index contributed by atoms with van der Waals surface area (Å²) in [5, 5.41) is 3.12. The molecule has 0 aliphatic carbocycles. The molecular formula is C13H10ClN5OS. The van der Waals surface area contributed by atoms with Crippen LogP contribution in [-0.4, -0.2) is 14.7 Å². The van der Waals surface area contributed by atoms with Gasteiger partial charge in [-0.3, -0.25) is 4.79 Å². The molecule has 0 unspecified atom stereocenters. The van der Waals surface area contributed by atoms with E-state index in [1.807, 2.05) is 0 Å². The number of nitrogen functional groups attached to an aromatic ring is 2. The monoisotopic (exact) mass is 319 g/mol. The third-order valence-electron chi connectivity index (χ3n) is 2.94. The van der Waals surface area contributed by atoms with Crippen molar-refractivity contribution in [2.75, 3.05) is 16.8 Å². The second-order valence-electron chi connectivity index (χ2n) is 4.36. The van der Waals surface area contributed by atoms with Crippen molar-refractivity contribution < 1.29 is 4.79 Å². The summed E-state index contributed by atoms with van der Waals surface area (Å²) >= 11 is 7.18. The summed E-state index contributed by atoms with van der Waals surface area (Å²) in [7, 11) is 0. The minimum Gasteiger partial charge on any atom is -0.399 e. The van der Waals surface area contributed by atoms with Gasteiger partial charge in [-0.25, -0.2) is 0 Å².